The Hall–Kier alpha value is -1.34. The van der Waals surface area contributed by atoms with Crippen molar-refractivity contribution in [1.82, 2.24) is 0 Å². The smallest absolute Gasteiger partial charge is 0.0855 e. The summed E-state index contributed by atoms with van der Waals surface area (Å²) in [4.78, 5) is 0. The first-order chi connectivity index (χ1) is 7.79. The van der Waals surface area contributed by atoms with E-state index in [2.05, 4.69) is 25.2 Å². The molecule has 0 saturated heterocycles. The molecule has 1 aromatic carbocycles. The minimum atomic E-state index is -0.407. The van der Waals surface area contributed by atoms with Crippen molar-refractivity contribution in [3.63, 3.8) is 0 Å². The van der Waals surface area contributed by atoms with Gasteiger partial charge in [0, 0.05) is 5.92 Å². The Labute approximate surface area is 97.1 Å². The van der Waals surface area contributed by atoms with Crippen LogP contribution in [0.5, 0.6) is 0 Å². The average Bonchev–Trinajstić information content (AvgIpc) is 2.39. The van der Waals surface area contributed by atoms with E-state index in [1.807, 2.05) is 30.3 Å². The number of hydrogen-bond donors (Lipinski definition) is 1. The van der Waals surface area contributed by atoms with Gasteiger partial charge in [-0.3, -0.25) is 0 Å². The van der Waals surface area contributed by atoms with E-state index >= 15 is 0 Å². The highest BCUT2D eigenvalue weighted by atomic mass is 16.3. The number of hydrogen-bond acceptors (Lipinski definition) is 1. The van der Waals surface area contributed by atoms with Gasteiger partial charge in [-0.05, 0) is 24.0 Å². The predicted molar refractivity (Wildman–Crippen MR) is 67.0 cm³/mol. The van der Waals surface area contributed by atoms with Crippen LogP contribution in [-0.4, -0.2) is 5.11 Å². The molecule has 1 aromatic rings. The highest BCUT2D eigenvalue weighted by Gasteiger charge is 2.19. The third kappa shape index (κ3) is 2.42. The summed E-state index contributed by atoms with van der Waals surface area (Å²) in [5.41, 5.74) is 2.25. The lowest BCUT2D eigenvalue weighted by molar-refractivity contribution is 0.136. The van der Waals surface area contributed by atoms with Crippen LogP contribution in [0.1, 0.15) is 31.4 Å². The van der Waals surface area contributed by atoms with Gasteiger partial charge in [-0.2, -0.15) is 0 Å². The van der Waals surface area contributed by atoms with Crippen molar-refractivity contribution in [3.05, 3.63) is 59.7 Å². The van der Waals surface area contributed by atoms with Crippen LogP contribution < -0.4 is 0 Å². The fourth-order valence-corrected chi connectivity index (χ4v) is 2.09. The van der Waals surface area contributed by atoms with Crippen LogP contribution >= 0.6 is 0 Å². The van der Waals surface area contributed by atoms with Crippen LogP contribution in [0.2, 0.25) is 0 Å². The minimum absolute atomic E-state index is 0.166. The van der Waals surface area contributed by atoms with Gasteiger partial charge in [0.2, 0.25) is 0 Å². The first kappa shape index (κ1) is 11.2. The molecule has 0 amide bonds. The van der Waals surface area contributed by atoms with Gasteiger partial charge in [0.15, 0.2) is 0 Å². The Balaban J connectivity index is 2.13. The fourth-order valence-electron chi connectivity index (χ4n) is 2.09. The Bertz CT molecular complexity index is 389. The molecular weight excluding hydrogens is 196 g/mol. The number of aliphatic hydroxyl groups is 1. The summed E-state index contributed by atoms with van der Waals surface area (Å²) in [6, 6.07) is 9.87. The maximum Gasteiger partial charge on any atom is 0.0855 e. The quantitative estimate of drug-likeness (QED) is 0.814. The molecule has 84 valence electrons. The summed E-state index contributed by atoms with van der Waals surface area (Å²) >= 11 is 0. The van der Waals surface area contributed by atoms with Crippen LogP contribution in [0.4, 0.5) is 0 Å². The highest BCUT2D eigenvalue weighted by Crippen LogP contribution is 2.29. The summed E-state index contributed by atoms with van der Waals surface area (Å²) in [7, 11) is 0. The van der Waals surface area contributed by atoms with Crippen LogP contribution in [0.3, 0.4) is 0 Å². The van der Waals surface area contributed by atoms with Crippen molar-refractivity contribution < 1.29 is 5.11 Å². The first-order valence-electron chi connectivity index (χ1n) is 5.88. The SMILES string of the molecule is C[C@H](C1=CCCC=C1)C(O)c1ccccc1. The molecular formula is C15H18O. The molecule has 0 spiro atoms. The van der Waals surface area contributed by atoms with E-state index in [9.17, 15) is 5.11 Å². The molecule has 1 nitrogen and oxygen atoms in total. The molecule has 0 aromatic heterocycles. The second kappa shape index (κ2) is 5.13. The highest BCUT2D eigenvalue weighted by molar-refractivity contribution is 5.28. The summed E-state index contributed by atoms with van der Waals surface area (Å²) in [5, 5.41) is 10.3. The van der Waals surface area contributed by atoms with Gasteiger partial charge in [0.05, 0.1) is 6.10 Å². The molecule has 0 bridgehead atoms. The Morgan fingerprint density at radius 1 is 1.12 bits per heavy atom. The normalized spacial score (nSPS) is 19.0. The maximum atomic E-state index is 10.3. The van der Waals surface area contributed by atoms with E-state index in [0.29, 0.717) is 0 Å². The molecule has 1 aliphatic rings. The second-order valence-electron chi connectivity index (χ2n) is 4.33. The molecule has 2 atom stereocenters. The molecule has 1 unspecified atom stereocenters. The summed E-state index contributed by atoms with van der Waals surface area (Å²) in [6.07, 6.45) is 8.37. The standard InChI is InChI=1S/C15H18O/c1-12(13-8-4-2-5-9-13)15(16)14-10-6-3-7-11-14/h3-4,6-12,15-16H,2,5H2,1H3/t12-,15?/m1/s1. The summed E-state index contributed by atoms with van der Waals surface area (Å²) < 4.78 is 0. The molecule has 0 radical (unpaired) electrons. The van der Waals surface area contributed by atoms with Crippen molar-refractivity contribution in [1.29, 1.82) is 0 Å². The fraction of sp³-hybridized carbons (Fsp3) is 0.333. The van der Waals surface area contributed by atoms with E-state index in [-0.39, 0.29) is 5.92 Å². The van der Waals surface area contributed by atoms with Gasteiger partial charge in [0.1, 0.15) is 0 Å². The molecule has 16 heavy (non-hydrogen) atoms. The number of rotatable bonds is 3. The zero-order valence-corrected chi connectivity index (χ0v) is 9.63. The van der Waals surface area contributed by atoms with Crippen LogP contribution in [0, 0.1) is 5.92 Å². The molecule has 0 aliphatic heterocycles. The molecule has 1 N–H and O–H groups in total. The predicted octanol–water partition coefficient (Wildman–Crippen LogP) is 3.63. The van der Waals surface area contributed by atoms with Gasteiger partial charge in [0.25, 0.3) is 0 Å². The number of aliphatic hydroxyl groups excluding tert-OH is 1. The van der Waals surface area contributed by atoms with Crippen molar-refractivity contribution in [2.45, 2.75) is 25.9 Å². The van der Waals surface area contributed by atoms with Crippen molar-refractivity contribution in [2.24, 2.45) is 5.92 Å². The molecule has 2 rings (SSSR count). The van der Waals surface area contributed by atoms with Crippen molar-refractivity contribution in [3.8, 4) is 0 Å². The maximum absolute atomic E-state index is 10.3. The second-order valence-corrected chi connectivity index (χ2v) is 4.33. The van der Waals surface area contributed by atoms with E-state index < -0.39 is 6.10 Å². The van der Waals surface area contributed by atoms with Gasteiger partial charge in [-0.15, -0.1) is 0 Å². The Kier molecular flexibility index (Phi) is 3.58. The van der Waals surface area contributed by atoms with E-state index in [1.54, 1.807) is 0 Å². The zero-order valence-electron chi connectivity index (χ0n) is 9.63. The van der Waals surface area contributed by atoms with Gasteiger partial charge in [-0.25, -0.2) is 0 Å². The van der Waals surface area contributed by atoms with Crippen LogP contribution in [0.15, 0.2) is 54.1 Å². The molecule has 0 fully saturated rings. The van der Waals surface area contributed by atoms with Gasteiger partial charge < -0.3 is 5.11 Å². The molecule has 0 heterocycles. The lowest BCUT2D eigenvalue weighted by atomic mass is 9.88. The number of allylic oxidation sites excluding steroid dienone is 3. The monoisotopic (exact) mass is 214 g/mol. The van der Waals surface area contributed by atoms with Crippen LogP contribution in [0.25, 0.3) is 0 Å². The van der Waals surface area contributed by atoms with Gasteiger partial charge >= 0.3 is 0 Å². The first-order valence-corrected chi connectivity index (χ1v) is 5.88. The summed E-state index contributed by atoms with van der Waals surface area (Å²) in [5.74, 6) is 0.166. The zero-order chi connectivity index (χ0) is 11.4. The van der Waals surface area contributed by atoms with E-state index in [4.69, 9.17) is 0 Å². The van der Waals surface area contributed by atoms with Crippen molar-refractivity contribution in [2.75, 3.05) is 0 Å². The lowest BCUT2D eigenvalue weighted by Gasteiger charge is -2.22. The number of benzene rings is 1. The third-order valence-corrected chi connectivity index (χ3v) is 3.16. The minimum Gasteiger partial charge on any atom is -0.388 e. The lowest BCUT2D eigenvalue weighted by Crippen LogP contribution is -2.11. The summed E-state index contributed by atoms with van der Waals surface area (Å²) in [6.45, 7) is 2.08. The van der Waals surface area contributed by atoms with Gasteiger partial charge in [-0.1, -0.05) is 55.5 Å². The largest absolute Gasteiger partial charge is 0.388 e. The van der Waals surface area contributed by atoms with Crippen LogP contribution in [-0.2, 0) is 0 Å². The molecule has 1 heteroatoms. The average molecular weight is 214 g/mol. The van der Waals surface area contributed by atoms with E-state index in [1.165, 1.54) is 5.57 Å². The van der Waals surface area contributed by atoms with Crippen molar-refractivity contribution >= 4 is 0 Å². The Morgan fingerprint density at radius 3 is 2.50 bits per heavy atom. The van der Waals surface area contributed by atoms with E-state index in [0.717, 1.165) is 18.4 Å². The molecule has 0 saturated carbocycles. The third-order valence-electron chi connectivity index (χ3n) is 3.16. The topological polar surface area (TPSA) is 20.2 Å². The Morgan fingerprint density at radius 2 is 1.88 bits per heavy atom. The molecule has 1 aliphatic carbocycles.